The van der Waals surface area contributed by atoms with Gasteiger partial charge < -0.3 is 16.5 Å². The van der Waals surface area contributed by atoms with E-state index in [1.807, 2.05) is 18.2 Å². The Kier molecular flexibility index (Phi) is 3.59. The molecule has 0 saturated carbocycles. The first-order valence-corrected chi connectivity index (χ1v) is 5.69. The summed E-state index contributed by atoms with van der Waals surface area (Å²) < 4.78 is 0. The number of hydrogen-bond donors (Lipinski definition) is 4. The van der Waals surface area contributed by atoms with Crippen LogP contribution in [-0.2, 0) is 6.42 Å². The number of hydrazine groups is 1. The topological polar surface area (TPSA) is 102 Å². The SMILES string of the molecule is CCc1ccccc1Nc1cc(NN)nc(N)n1. The van der Waals surface area contributed by atoms with Gasteiger partial charge in [0.15, 0.2) is 0 Å². The Hall–Kier alpha value is -2.34. The van der Waals surface area contributed by atoms with E-state index < -0.39 is 0 Å². The number of rotatable bonds is 4. The summed E-state index contributed by atoms with van der Waals surface area (Å²) >= 11 is 0. The van der Waals surface area contributed by atoms with Crippen molar-refractivity contribution in [3.63, 3.8) is 0 Å². The summed E-state index contributed by atoms with van der Waals surface area (Å²) in [7, 11) is 0. The average molecular weight is 244 g/mol. The number of hydrogen-bond acceptors (Lipinski definition) is 6. The lowest BCUT2D eigenvalue weighted by Crippen LogP contribution is -2.11. The van der Waals surface area contributed by atoms with Crippen LogP contribution in [0.5, 0.6) is 0 Å². The molecule has 0 saturated heterocycles. The fourth-order valence-electron chi connectivity index (χ4n) is 1.69. The minimum atomic E-state index is 0.168. The molecule has 6 N–H and O–H groups in total. The van der Waals surface area contributed by atoms with Crippen LogP contribution in [0.25, 0.3) is 0 Å². The van der Waals surface area contributed by atoms with Crippen molar-refractivity contribution < 1.29 is 0 Å². The lowest BCUT2D eigenvalue weighted by atomic mass is 10.1. The van der Waals surface area contributed by atoms with Gasteiger partial charge in [-0.05, 0) is 18.1 Å². The third-order valence-electron chi connectivity index (χ3n) is 2.55. The highest BCUT2D eigenvalue weighted by Crippen LogP contribution is 2.21. The summed E-state index contributed by atoms with van der Waals surface area (Å²) in [6, 6.07) is 9.73. The van der Waals surface area contributed by atoms with E-state index in [9.17, 15) is 0 Å². The van der Waals surface area contributed by atoms with Gasteiger partial charge in [-0.1, -0.05) is 25.1 Å². The molecule has 0 amide bonds. The second-order valence-electron chi connectivity index (χ2n) is 3.78. The molecule has 1 aromatic carbocycles. The summed E-state index contributed by atoms with van der Waals surface area (Å²) in [5, 5.41) is 3.21. The van der Waals surface area contributed by atoms with Crippen LogP contribution in [0.3, 0.4) is 0 Å². The molecular weight excluding hydrogens is 228 g/mol. The van der Waals surface area contributed by atoms with Crippen molar-refractivity contribution in [2.24, 2.45) is 5.84 Å². The summed E-state index contributed by atoms with van der Waals surface area (Å²) in [5.41, 5.74) is 10.3. The van der Waals surface area contributed by atoms with Crippen molar-refractivity contribution in [2.75, 3.05) is 16.5 Å². The van der Waals surface area contributed by atoms with Gasteiger partial charge in [0.05, 0.1) is 0 Å². The number of nitrogens with one attached hydrogen (secondary N) is 2. The molecule has 0 bridgehead atoms. The van der Waals surface area contributed by atoms with Crippen molar-refractivity contribution in [1.82, 2.24) is 9.97 Å². The zero-order valence-corrected chi connectivity index (χ0v) is 10.1. The lowest BCUT2D eigenvalue weighted by molar-refractivity contribution is 1.13. The molecule has 18 heavy (non-hydrogen) atoms. The number of nitrogens with two attached hydrogens (primary N) is 2. The van der Waals surface area contributed by atoms with Crippen LogP contribution in [0.15, 0.2) is 30.3 Å². The Morgan fingerprint density at radius 2 is 1.89 bits per heavy atom. The summed E-state index contributed by atoms with van der Waals surface area (Å²) in [6.07, 6.45) is 0.936. The zero-order valence-electron chi connectivity index (χ0n) is 10.1. The molecule has 6 nitrogen and oxygen atoms in total. The molecule has 1 heterocycles. The Morgan fingerprint density at radius 3 is 2.61 bits per heavy atom. The van der Waals surface area contributed by atoms with E-state index in [2.05, 4.69) is 33.7 Å². The summed E-state index contributed by atoms with van der Waals surface area (Å²) in [4.78, 5) is 8.04. The highest BCUT2D eigenvalue weighted by atomic mass is 15.3. The predicted molar refractivity (Wildman–Crippen MR) is 73.4 cm³/mol. The van der Waals surface area contributed by atoms with Crippen LogP contribution < -0.4 is 22.3 Å². The maximum atomic E-state index is 5.60. The first kappa shape index (κ1) is 12.1. The minimum Gasteiger partial charge on any atom is -0.368 e. The van der Waals surface area contributed by atoms with Crippen LogP contribution >= 0.6 is 0 Å². The summed E-state index contributed by atoms with van der Waals surface area (Å²) in [6.45, 7) is 2.10. The maximum Gasteiger partial charge on any atom is 0.223 e. The number of benzene rings is 1. The summed E-state index contributed by atoms with van der Waals surface area (Å²) in [5.74, 6) is 6.56. The van der Waals surface area contributed by atoms with Crippen molar-refractivity contribution >= 4 is 23.3 Å². The maximum absolute atomic E-state index is 5.60. The van der Waals surface area contributed by atoms with E-state index in [0.29, 0.717) is 11.6 Å². The number of aromatic nitrogens is 2. The van der Waals surface area contributed by atoms with Crippen LogP contribution in [0.1, 0.15) is 12.5 Å². The van der Waals surface area contributed by atoms with E-state index >= 15 is 0 Å². The monoisotopic (exact) mass is 244 g/mol. The molecule has 94 valence electrons. The van der Waals surface area contributed by atoms with Crippen LogP contribution in [0.4, 0.5) is 23.3 Å². The van der Waals surface area contributed by atoms with Crippen molar-refractivity contribution in [3.8, 4) is 0 Å². The van der Waals surface area contributed by atoms with Gasteiger partial charge in [-0.25, -0.2) is 5.84 Å². The van der Waals surface area contributed by atoms with Crippen molar-refractivity contribution in [1.29, 1.82) is 0 Å². The molecular formula is C12H16N6. The molecule has 0 aliphatic rings. The van der Waals surface area contributed by atoms with Gasteiger partial charge in [0.2, 0.25) is 5.95 Å². The Labute approximate surface area is 105 Å². The second-order valence-corrected chi connectivity index (χ2v) is 3.78. The predicted octanol–water partition coefficient (Wildman–Crippen LogP) is 1.65. The smallest absolute Gasteiger partial charge is 0.223 e. The number of para-hydroxylation sites is 1. The van der Waals surface area contributed by atoms with E-state index in [0.717, 1.165) is 12.1 Å². The van der Waals surface area contributed by atoms with Gasteiger partial charge >= 0.3 is 0 Å². The Morgan fingerprint density at radius 1 is 1.17 bits per heavy atom. The normalized spacial score (nSPS) is 10.1. The average Bonchev–Trinajstić information content (AvgIpc) is 2.38. The Balaban J connectivity index is 2.30. The quantitative estimate of drug-likeness (QED) is 0.482. The molecule has 0 radical (unpaired) electrons. The van der Waals surface area contributed by atoms with Crippen molar-refractivity contribution in [2.45, 2.75) is 13.3 Å². The first-order chi connectivity index (χ1) is 8.72. The molecule has 0 aliphatic heterocycles. The van der Waals surface area contributed by atoms with Crippen LogP contribution in [-0.4, -0.2) is 9.97 Å². The van der Waals surface area contributed by atoms with Crippen LogP contribution in [0, 0.1) is 0 Å². The fourth-order valence-corrected chi connectivity index (χ4v) is 1.69. The van der Waals surface area contributed by atoms with E-state index in [1.165, 1.54) is 5.56 Å². The molecule has 2 rings (SSSR count). The van der Waals surface area contributed by atoms with Gasteiger partial charge in [0, 0.05) is 11.8 Å². The van der Waals surface area contributed by atoms with E-state index in [-0.39, 0.29) is 5.95 Å². The Bertz CT molecular complexity index is 540. The highest BCUT2D eigenvalue weighted by molar-refractivity contribution is 5.63. The van der Waals surface area contributed by atoms with Crippen LogP contribution in [0.2, 0.25) is 0 Å². The molecule has 0 fully saturated rings. The molecule has 0 aliphatic carbocycles. The molecule has 1 aromatic heterocycles. The second kappa shape index (κ2) is 5.33. The number of anilines is 4. The minimum absolute atomic E-state index is 0.168. The highest BCUT2D eigenvalue weighted by Gasteiger charge is 2.04. The molecule has 0 spiro atoms. The van der Waals surface area contributed by atoms with Gasteiger partial charge in [-0.2, -0.15) is 9.97 Å². The molecule has 0 atom stereocenters. The number of nitrogen functional groups attached to an aromatic ring is 2. The first-order valence-electron chi connectivity index (χ1n) is 5.69. The largest absolute Gasteiger partial charge is 0.368 e. The van der Waals surface area contributed by atoms with Gasteiger partial charge in [0.25, 0.3) is 0 Å². The van der Waals surface area contributed by atoms with E-state index in [1.54, 1.807) is 6.07 Å². The zero-order chi connectivity index (χ0) is 13.0. The standard InChI is InChI=1S/C12H16N6/c1-2-8-5-3-4-6-9(8)15-10-7-11(18-14)17-12(13)16-10/h3-7H,2,14H2,1H3,(H4,13,15,16,17,18). The fraction of sp³-hybridized carbons (Fsp3) is 0.167. The van der Waals surface area contributed by atoms with E-state index in [4.69, 9.17) is 11.6 Å². The third-order valence-corrected chi connectivity index (χ3v) is 2.55. The third kappa shape index (κ3) is 2.67. The number of nitrogens with zero attached hydrogens (tertiary/aromatic N) is 2. The van der Waals surface area contributed by atoms with Gasteiger partial charge in [-0.15, -0.1) is 0 Å². The van der Waals surface area contributed by atoms with Gasteiger partial charge in [-0.3, -0.25) is 0 Å². The number of aryl methyl sites for hydroxylation is 1. The van der Waals surface area contributed by atoms with Crippen molar-refractivity contribution in [3.05, 3.63) is 35.9 Å². The molecule has 2 aromatic rings. The van der Waals surface area contributed by atoms with Gasteiger partial charge in [0.1, 0.15) is 11.6 Å². The molecule has 0 unspecified atom stereocenters. The lowest BCUT2D eigenvalue weighted by Gasteiger charge is -2.11. The molecule has 6 heteroatoms.